The number of likely N-dealkylation sites (N-methyl/N-ethyl adjacent to an activating group) is 1. The van der Waals surface area contributed by atoms with Crippen molar-refractivity contribution in [3.8, 4) is 0 Å². The number of hydrogen-bond donors (Lipinski definition) is 1. The Balaban J connectivity index is 2.31. The molecular weight excluding hydrogens is 208 g/mol. The average molecular weight is 232 g/mol. The summed E-state index contributed by atoms with van der Waals surface area (Å²) < 4.78 is 0. The first-order valence-corrected chi connectivity index (χ1v) is 6.57. The third-order valence-electron chi connectivity index (χ3n) is 4.44. The molecule has 0 amide bonds. The molecule has 1 fully saturated rings. The van der Waals surface area contributed by atoms with Crippen molar-refractivity contribution in [3.63, 3.8) is 0 Å². The molecule has 1 aromatic rings. The van der Waals surface area contributed by atoms with Crippen LogP contribution in [0.4, 0.5) is 5.69 Å². The van der Waals surface area contributed by atoms with Crippen LogP contribution >= 0.6 is 0 Å². The average Bonchev–Trinajstić information content (AvgIpc) is 2.72. The van der Waals surface area contributed by atoms with E-state index in [1.165, 1.54) is 41.6 Å². The Morgan fingerprint density at radius 2 is 1.82 bits per heavy atom. The minimum Gasteiger partial charge on any atom is -0.370 e. The van der Waals surface area contributed by atoms with E-state index >= 15 is 0 Å². The largest absolute Gasteiger partial charge is 0.370 e. The van der Waals surface area contributed by atoms with Gasteiger partial charge in [0.25, 0.3) is 0 Å². The predicted molar refractivity (Wildman–Crippen MR) is 74.7 cm³/mol. The van der Waals surface area contributed by atoms with Crippen LogP contribution in [0.2, 0.25) is 0 Å². The van der Waals surface area contributed by atoms with Crippen molar-refractivity contribution in [3.05, 3.63) is 28.8 Å². The molecule has 0 heterocycles. The Kier molecular flexibility index (Phi) is 3.43. The highest BCUT2D eigenvalue weighted by atomic mass is 15.2. The highest BCUT2D eigenvalue weighted by Crippen LogP contribution is 2.30. The number of rotatable bonds is 2. The molecule has 2 unspecified atom stereocenters. The fraction of sp³-hybridized carbons (Fsp3) is 0.600. The van der Waals surface area contributed by atoms with E-state index in [0.29, 0.717) is 12.1 Å². The van der Waals surface area contributed by atoms with Crippen LogP contribution in [0, 0.1) is 20.8 Å². The summed E-state index contributed by atoms with van der Waals surface area (Å²) in [5.74, 6) is 0. The molecule has 17 heavy (non-hydrogen) atoms. The molecule has 0 spiro atoms. The first-order chi connectivity index (χ1) is 8.02. The first kappa shape index (κ1) is 12.4. The summed E-state index contributed by atoms with van der Waals surface area (Å²) in [6.07, 6.45) is 3.66. The summed E-state index contributed by atoms with van der Waals surface area (Å²) in [6, 6.07) is 5.30. The van der Waals surface area contributed by atoms with Gasteiger partial charge in [-0.15, -0.1) is 0 Å². The Labute approximate surface area is 105 Å². The van der Waals surface area contributed by atoms with Crippen LogP contribution in [0.25, 0.3) is 0 Å². The molecule has 2 rings (SSSR count). The molecule has 2 N–H and O–H groups in total. The summed E-state index contributed by atoms with van der Waals surface area (Å²) in [7, 11) is 2.19. The highest BCUT2D eigenvalue weighted by Gasteiger charge is 2.28. The van der Waals surface area contributed by atoms with Gasteiger partial charge in [0.05, 0.1) is 0 Å². The number of benzene rings is 1. The van der Waals surface area contributed by atoms with E-state index in [1.807, 2.05) is 0 Å². The van der Waals surface area contributed by atoms with E-state index in [0.717, 1.165) is 0 Å². The van der Waals surface area contributed by atoms with Crippen molar-refractivity contribution in [2.45, 2.75) is 52.1 Å². The molecule has 1 aromatic carbocycles. The summed E-state index contributed by atoms with van der Waals surface area (Å²) >= 11 is 0. The number of hydrogen-bond acceptors (Lipinski definition) is 2. The predicted octanol–water partition coefficient (Wildman–Crippen LogP) is 2.93. The van der Waals surface area contributed by atoms with Gasteiger partial charge in [0.15, 0.2) is 0 Å². The van der Waals surface area contributed by atoms with Gasteiger partial charge in [-0.05, 0) is 62.8 Å². The van der Waals surface area contributed by atoms with Gasteiger partial charge >= 0.3 is 0 Å². The number of anilines is 1. The second-order valence-electron chi connectivity index (χ2n) is 5.42. The molecule has 1 aliphatic rings. The highest BCUT2D eigenvalue weighted by molar-refractivity contribution is 5.58. The van der Waals surface area contributed by atoms with Crippen LogP contribution in [-0.2, 0) is 0 Å². The van der Waals surface area contributed by atoms with E-state index in [2.05, 4.69) is 44.9 Å². The van der Waals surface area contributed by atoms with Crippen molar-refractivity contribution in [2.75, 3.05) is 11.9 Å². The van der Waals surface area contributed by atoms with Gasteiger partial charge in [0, 0.05) is 24.8 Å². The van der Waals surface area contributed by atoms with Gasteiger partial charge in [-0.2, -0.15) is 0 Å². The lowest BCUT2D eigenvalue weighted by molar-refractivity contribution is 0.572. The second-order valence-corrected chi connectivity index (χ2v) is 5.42. The van der Waals surface area contributed by atoms with Crippen molar-refractivity contribution in [1.82, 2.24) is 0 Å². The number of nitrogens with two attached hydrogens (primary N) is 1. The van der Waals surface area contributed by atoms with Crippen LogP contribution in [0.1, 0.15) is 36.0 Å². The van der Waals surface area contributed by atoms with Gasteiger partial charge in [-0.1, -0.05) is 6.07 Å². The van der Waals surface area contributed by atoms with E-state index in [4.69, 9.17) is 5.73 Å². The molecule has 1 saturated carbocycles. The zero-order valence-corrected chi connectivity index (χ0v) is 11.5. The van der Waals surface area contributed by atoms with Crippen molar-refractivity contribution >= 4 is 5.69 Å². The zero-order valence-electron chi connectivity index (χ0n) is 11.5. The zero-order chi connectivity index (χ0) is 12.6. The second kappa shape index (κ2) is 4.69. The Morgan fingerprint density at radius 3 is 2.41 bits per heavy atom. The van der Waals surface area contributed by atoms with Gasteiger partial charge in [-0.25, -0.2) is 0 Å². The minimum atomic E-state index is 0.334. The van der Waals surface area contributed by atoms with Crippen LogP contribution in [0.5, 0.6) is 0 Å². The molecule has 0 aromatic heterocycles. The monoisotopic (exact) mass is 232 g/mol. The molecule has 94 valence electrons. The molecule has 0 aliphatic heterocycles. The Morgan fingerprint density at radius 1 is 1.12 bits per heavy atom. The lowest BCUT2D eigenvalue weighted by Gasteiger charge is -2.31. The lowest BCUT2D eigenvalue weighted by Crippen LogP contribution is -2.42. The normalized spacial score (nSPS) is 24.1. The van der Waals surface area contributed by atoms with Crippen LogP contribution in [0.3, 0.4) is 0 Å². The lowest BCUT2D eigenvalue weighted by atomic mass is 10.0. The molecule has 2 heteroatoms. The van der Waals surface area contributed by atoms with Crippen molar-refractivity contribution in [2.24, 2.45) is 5.73 Å². The molecule has 2 atom stereocenters. The van der Waals surface area contributed by atoms with Crippen molar-refractivity contribution < 1.29 is 0 Å². The first-order valence-electron chi connectivity index (χ1n) is 6.57. The van der Waals surface area contributed by atoms with Gasteiger partial charge in [0.2, 0.25) is 0 Å². The quantitative estimate of drug-likeness (QED) is 0.849. The smallest absolute Gasteiger partial charge is 0.0437 e. The maximum Gasteiger partial charge on any atom is 0.0437 e. The van der Waals surface area contributed by atoms with Gasteiger partial charge in [0.1, 0.15) is 0 Å². The third-order valence-corrected chi connectivity index (χ3v) is 4.44. The summed E-state index contributed by atoms with van der Waals surface area (Å²) in [5.41, 5.74) is 11.7. The molecular formula is C15H24N2. The van der Waals surface area contributed by atoms with E-state index in [9.17, 15) is 0 Å². The molecule has 1 aliphatic carbocycles. The topological polar surface area (TPSA) is 29.3 Å². The van der Waals surface area contributed by atoms with E-state index in [-0.39, 0.29) is 0 Å². The standard InChI is InChI=1S/C15H24N2/c1-10-8-9-14(12(3)11(10)2)17(4)15-7-5-6-13(15)16/h8-9,13,15H,5-7,16H2,1-4H3. The summed E-state index contributed by atoms with van der Waals surface area (Å²) in [5, 5.41) is 0. The maximum absolute atomic E-state index is 6.19. The van der Waals surface area contributed by atoms with Crippen LogP contribution in [-0.4, -0.2) is 19.1 Å². The fourth-order valence-electron chi connectivity index (χ4n) is 2.95. The molecule has 2 nitrogen and oxygen atoms in total. The van der Waals surface area contributed by atoms with E-state index in [1.54, 1.807) is 0 Å². The SMILES string of the molecule is Cc1ccc(N(C)C2CCCC2N)c(C)c1C. The van der Waals surface area contributed by atoms with Gasteiger partial charge in [-0.3, -0.25) is 0 Å². The Hall–Kier alpha value is -1.02. The minimum absolute atomic E-state index is 0.334. The van der Waals surface area contributed by atoms with Crippen LogP contribution in [0.15, 0.2) is 12.1 Å². The number of aryl methyl sites for hydroxylation is 1. The summed E-state index contributed by atoms with van der Waals surface area (Å²) in [4.78, 5) is 2.39. The molecule has 0 saturated heterocycles. The molecule has 0 bridgehead atoms. The molecule has 0 radical (unpaired) electrons. The van der Waals surface area contributed by atoms with Gasteiger partial charge < -0.3 is 10.6 Å². The van der Waals surface area contributed by atoms with Crippen molar-refractivity contribution in [1.29, 1.82) is 0 Å². The Bertz CT molecular complexity index is 412. The third kappa shape index (κ3) is 2.19. The van der Waals surface area contributed by atoms with E-state index < -0.39 is 0 Å². The van der Waals surface area contributed by atoms with Crippen LogP contribution < -0.4 is 10.6 Å². The fourth-order valence-corrected chi connectivity index (χ4v) is 2.95. The summed E-state index contributed by atoms with van der Waals surface area (Å²) in [6.45, 7) is 6.60. The maximum atomic E-state index is 6.19. The number of nitrogens with zero attached hydrogens (tertiary/aromatic N) is 1.